The second-order valence-corrected chi connectivity index (χ2v) is 8.67. The fourth-order valence-electron chi connectivity index (χ4n) is 1.88. The van der Waals surface area contributed by atoms with Gasteiger partial charge in [-0.25, -0.2) is 8.42 Å². The summed E-state index contributed by atoms with van der Waals surface area (Å²) < 4.78 is 31.4. The molecule has 0 fully saturated rings. The Morgan fingerprint density at radius 1 is 1.05 bits per heavy atom. The van der Waals surface area contributed by atoms with E-state index in [1.807, 2.05) is 0 Å². The first-order chi connectivity index (χ1) is 9.23. The Labute approximate surface area is 125 Å². The molecule has 0 atom stereocenters. The van der Waals surface area contributed by atoms with Crippen LogP contribution in [0.25, 0.3) is 0 Å². The van der Waals surface area contributed by atoms with E-state index >= 15 is 0 Å². The molecule has 0 spiro atoms. The molecule has 5 heteroatoms. The van der Waals surface area contributed by atoms with Crippen LogP contribution in [0.4, 0.5) is 0 Å². The molecule has 0 heterocycles. The second kappa shape index (κ2) is 9.74. The van der Waals surface area contributed by atoms with Crippen molar-refractivity contribution in [2.75, 3.05) is 32.6 Å². The molecule has 0 aliphatic rings. The van der Waals surface area contributed by atoms with Gasteiger partial charge in [-0.1, -0.05) is 47.0 Å². The Bertz CT molecular complexity index is 334. The van der Waals surface area contributed by atoms with Gasteiger partial charge < -0.3 is 4.74 Å². The molecule has 0 N–H and O–H groups in total. The van der Waals surface area contributed by atoms with E-state index in [-0.39, 0.29) is 11.2 Å². The molecule has 0 aromatic carbocycles. The largest absolute Gasteiger partial charge is 0.383 e. The lowest BCUT2D eigenvalue weighted by Crippen LogP contribution is -2.37. The standard InChI is InChI=1S/C15H33NO3S/c1-6-7-8-9-14-20(17,18)16(12-13-19-5)11-10-15(2,3)4/h6-14H2,1-5H3. The number of nitrogens with zero attached hydrogens (tertiary/aromatic N) is 1. The van der Waals surface area contributed by atoms with Gasteiger partial charge in [-0.15, -0.1) is 0 Å². The van der Waals surface area contributed by atoms with Gasteiger partial charge in [0.25, 0.3) is 0 Å². The van der Waals surface area contributed by atoms with Gasteiger partial charge in [0, 0.05) is 20.2 Å². The predicted molar refractivity (Wildman–Crippen MR) is 85.4 cm³/mol. The van der Waals surface area contributed by atoms with Gasteiger partial charge >= 0.3 is 0 Å². The maximum atomic E-state index is 12.4. The third kappa shape index (κ3) is 9.72. The van der Waals surface area contributed by atoms with Crippen molar-refractivity contribution in [3.05, 3.63) is 0 Å². The summed E-state index contributed by atoms with van der Waals surface area (Å²) in [6.45, 7) is 10.0. The molecule has 20 heavy (non-hydrogen) atoms. The van der Waals surface area contributed by atoms with E-state index in [0.29, 0.717) is 19.7 Å². The van der Waals surface area contributed by atoms with E-state index in [9.17, 15) is 8.42 Å². The number of rotatable bonds is 11. The summed E-state index contributed by atoms with van der Waals surface area (Å²) in [4.78, 5) is 0. The van der Waals surface area contributed by atoms with Gasteiger partial charge in [0.15, 0.2) is 0 Å². The molecule has 0 radical (unpaired) electrons. The summed E-state index contributed by atoms with van der Waals surface area (Å²) in [5.41, 5.74) is 0.142. The molecular formula is C15H33NO3S. The zero-order chi connectivity index (χ0) is 15.6. The van der Waals surface area contributed by atoms with Crippen molar-refractivity contribution < 1.29 is 13.2 Å². The highest BCUT2D eigenvalue weighted by atomic mass is 32.2. The summed E-state index contributed by atoms with van der Waals surface area (Å²) >= 11 is 0. The highest BCUT2D eigenvalue weighted by molar-refractivity contribution is 7.89. The molecule has 122 valence electrons. The number of hydrogen-bond acceptors (Lipinski definition) is 3. The second-order valence-electron chi connectivity index (χ2n) is 6.58. The Morgan fingerprint density at radius 2 is 1.70 bits per heavy atom. The maximum absolute atomic E-state index is 12.4. The predicted octanol–water partition coefficient (Wildman–Crippen LogP) is 3.28. The fraction of sp³-hybridized carbons (Fsp3) is 1.00. The number of unbranched alkanes of at least 4 members (excludes halogenated alkanes) is 3. The van der Waals surface area contributed by atoms with Crippen molar-refractivity contribution >= 4 is 10.0 Å². The van der Waals surface area contributed by atoms with Gasteiger partial charge in [-0.05, 0) is 18.3 Å². The van der Waals surface area contributed by atoms with Crippen LogP contribution >= 0.6 is 0 Å². The Kier molecular flexibility index (Phi) is 9.68. The van der Waals surface area contributed by atoms with Gasteiger partial charge in [-0.3, -0.25) is 0 Å². The molecule has 0 saturated carbocycles. The van der Waals surface area contributed by atoms with Gasteiger partial charge in [0.1, 0.15) is 0 Å². The molecule has 0 saturated heterocycles. The SMILES string of the molecule is CCCCCCS(=O)(=O)N(CCOC)CCC(C)(C)C. The van der Waals surface area contributed by atoms with Gasteiger partial charge in [-0.2, -0.15) is 4.31 Å². The molecule has 0 aliphatic heterocycles. The van der Waals surface area contributed by atoms with Crippen LogP contribution in [0.1, 0.15) is 59.8 Å². The lowest BCUT2D eigenvalue weighted by atomic mass is 9.92. The monoisotopic (exact) mass is 307 g/mol. The van der Waals surface area contributed by atoms with Gasteiger partial charge in [0.2, 0.25) is 10.0 Å². The minimum Gasteiger partial charge on any atom is -0.383 e. The average Bonchev–Trinajstić information content (AvgIpc) is 2.33. The third-order valence-corrected chi connectivity index (χ3v) is 5.26. The van der Waals surface area contributed by atoms with Crippen molar-refractivity contribution in [1.29, 1.82) is 0 Å². The first kappa shape index (κ1) is 19.9. The number of methoxy groups -OCH3 is 1. The Hall–Kier alpha value is -0.130. The van der Waals surface area contributed by atoms with Crippen LogP contribution in [0.2, 0.25) is 0 Å². The highest BCUT2D eigenvalue weighted by Gasteiger charge is 2.23. The number of ether oxygens (including phenoxy) is 1. The molecule has 0 rings (SSSR count). The fourth-order valence-corrected chi connectivity index (χ4v) is 3.43. The van der Waals surface area contributed by atoms with E-state index < -0.39 is 10.0 Å². The summed E-state index contributed by atoms with van der Waals surface area (Å²) in [5.74, 6) is 0.265. The molecule has 0 bridgehead atoms. The van der Waals surface area contributed by atoms with Crippen LogP contribution in [0.5, 0.6) is 0 Å². The molecule has 0 aliphatic carbocycles. The summed E-state index contributed by atoms with van der Waals surface area (Å²) in [7, 11) is -1.54. The van der Waals surface area contributed by atoms with E-state index in [2.05, 4.69) is 27.7 Å². The van der Waals surface area contributed by atoms with Crippen LogP contribution in [0.15, 0.2) is 0 Å². The van der Waals surface area contributed by atoms with E-state index in [4.69, 9.17) is 4.74 Å². The van der Waals surface area contributed by atoms with E-state index in [0.717, 1.165) is 32.1 Å². The molecule has 0 aromatic heterocycles. The van der Waals surface area contributed by atoms with Crippen molar-refractivity contribution in [3.63, 3.8) is 0 Å². The highest BCUT2D eigenvalue weighted by Crippen LogP contribution is 2.20. The zero-order valence-electron chi connectivity index (χ0n) is 13.9. The van der Waals surface area contributed by atoms with Crippen molar-refractivity contribution in [1.82, 2.24) is 4.31 Å². The molecular weight excluding hydrogens is 274 g/mol. The lowest BCUT2D eigenvalue weighted by molar-refractivity contribution is 0.174. The van der Waals surface area contributed by atoms with E-state index in [1.54, 1.807) is 11.4 Å². The molecule has 0 aromatic rings. The van der Waals surface area contributed by atoms with Crippen molar-refractivity contribution in [2.45, 2.75) is 59.8 Å². The van der Waals surface area contributed by atoms with E-state index in [1.165, 1.54) is 0 Å². The maximum Gasteiger partial charge on any atom is 0.214 e. The van der Waals surface area contributed by atoms with Crippen LogP contribution in [0, 0.1) is 5.41 Å². The summed E-state index contributed by atoms with van der Waals surface area (Å²) in [6.07, 6.45) is 4.85. The summed E-state index contributed by atoms with van der Waals surface area (Å²) in [6, 6.07) is 0. The first-order valence-electron chi connectivity index (χ1n) is 7.69. The van der Waals surface area contributed by atoms with Crippen LogP contribution in [-0.4, -0.2) is 45.3 Å². The minimum absolute atomic E-state index is 0.142. The number of hydrogen-bond donors (Lipinski definition) is 0. The topological polar surface area (TPSA) is 46.6 Å². The third-order valence-electron chi connectivity index (χ3n) is 3.31. The smallest absolute Gasteiger partial charge is 0.214 e. The minimum atomic E-state index is -3.14. The van der Waals surface area contributed by atoms with Gasteiger partial charge in [0.05, 0.1) is 12.4 Å². The molecule has 0 amide bonds. The average molecular weight is 308 g/mol. The van der Waals surface area contributed by atoms with Crippen molar-refractivity contribution in [2.24, 2.45) is 5.41 Å². The zero-order valence-corrected chi connectivity index (χ0v) is 14.8. The van der Waals surface area contributed by atoms with Crippen LogP contribution < -0.4 is 0 Å². The Morgan fingerprint density at radius 3 is 2.20 bits per heavy atom. The Balaban J connectivity index is 4.48. The lowest BCUT2D eigenvalue weighted by Gasteiger charge is -2.26. The van der Waals surface area contributed by atoms with Crippen LogP contribution in [-0.2, 0) is 14.8 Å². The van der Waals surface area contributed by atoms with Crippen molar-refractivity contribution in [3.8, 4) is 0 Å². The quantitative estimate of drug-likeness (QED) is 0.550. The first-order valence-corrected chi connectivity index (χ1v) is 9.30. The molecule has 0 unspecified atom stereocenters. The molecule has 4 nitrogen and oxygen atoms in total. The normalized spacial score (nSPS) is 13.1. The van der Waals surface area contributed by atoms with Crippen LogP contribution in [0.3, 0.4) is 0 Å². The number of sulfonamides is 1. The summed E-state index contributed by atoms with van der Waals surface area (Å²) in [5, 5.41) is 0.